The maximum absolute atomic E-state index is 12.6. The number of urea groups is 1. The predicted molar refractivity (Wildman–Crippen MR) is 107 cm³/mol. The molecule has 158 valence electrons. The number of hydrogen-bond acceptors (Lipinski definition) is 6. The molecule has 2 heterocycles. The van der Waals surface area contributed by atoms with Gasteiger partial charge < -0.3 is 14.7 Å². The molecule has 29 heavy (non-hydrogen) atoms. The van der Waals surface area contributed by atoms with Gasteiger partial charge in [0, 0.05) is 45.1 Å². The molecule has 0 unspecified atom stereocenters. The van der Waals surface area contributed by atoms with Gasteiger partial charge in [-0.2, -0.15) is 9.29 Å². The van der Waals surface area contributed by atoms with Crippen molar-refractivity contribution in [3.8, 4) is 0 Å². The van der Waals surface area contributed by atoms with Gasteiger partial charge in [-0.25, -0.2) is 13.2 Å². The maximum atomic E-state index is 12.6. The molecule has 9 nitrogen and oxygen atoms in total. The van der Waals surface area contributed by atoms with Crippen LogP contribution in [0.1, 0.15) is 37.9 Å². The summed E-state index contributed by atoms with van der Waals surface area (Å²) in [6.07, 6.45) is 1.29. The summed E-state index contributed by atoms with van der Waals surface area (Å²) in [5.41, 5.74) is 0. The summed E-state index contributed by atoms with van der Waals surface area (Å²) >= 11 is 0. The lowest BCUT2D eigenvalue weighted by molar-refractivity contribution is 0.172. The Balaban J connectivity index is 1.41. The molecule has 3 rings (SSSR count). The number of amides is 2. The average molecular weight is 422 g/mol. The van der Waals surface area contributed by atoms with E-state index < -0.39 is 10.0 Å². The van der Waals surface area contributed by atoms with Gasteiger partial charge >= 0.3 is 6.03 Å². The number of hydrogen-bond donors (Lipinski definition) is 1. The van der Waals surface area contributed by atoms with E-state index in [9.17, 15) is 13.2 Å². The minimum atomic E-state index is -3.52. The number of nitrogens with zero attached hydrogens (tertiary/aromatic N) is 4. The zero-order valence-electron chi connectivity index (χ0n) is 16.7. The summed E-state index contributed by atoms with van der Waals surface area (Å²) in [6.45, 7) is 5.77. The minimum Gasteiger partial charge on any atom is -0.339 e. The molecular formula is C19H27N5O4S. The summed E-state index contributed by atoms with van der Waals surface area (Å²) in [5, 5.41) is 6.78. The highest BCUT2D eigenvalue weighted by Crippen LogP contribution is 2.17. The standard InChI is InChI=1S/C19H27N5O4S/c1-15(2)18-21-17(28-22-18)9-6-10-20-19(25)23-11-13-24(14-12-23)29(26,27)16-7-4-3-5-8-16/h3-5,7-8,15H,6,9-14H2,1-2H3,(H,20,25). The molecule has 1 saturated heterocycles. The molecular weight excluding hydrogens is 394 g/mol. The molecule has 0 aliphatic carbocycles. The Kier molecular flexibility index (Phi) is 6.86. The highest BCUT2D eigenvalue weighted by Gasteiger charge is 2.29. The van der Waals surface area contributed by atoms with E-state index in [1.165, 1.54) is 4.31 Å². The van der Waals surface area contributed by atoms with Crippen molar-refractivity contribution in [2.45, 2.75) is 37.5 Å². The maximum Gasteiger partial charge on any atom is 0.317 e. The average Bonchev–Trinajstić information content (AvgIpc) is 3.21. The monoisotopic (exact) mass is 421 g/mol. The van der Waals surface area contributed by atoms with Crippen molar-refractivity contribution >= 4 is 16.1 Å². The largest absolute Gasteiger partial charge is 0.339 e. The molecule has 0 saturated carbocycles. The molecule has 2 aromatic rings. The molecule has 0 radical (unpaired) electrons. The molecule has 0 spiro atoms. The van der Waals surface area contributed by atoms with Crippen molar-refractivity contribution in [1.29, 1.82) is 0 Å². The Labute approximate surface area is 171 Å². The van der Waals surface area contributed by atoms with Crippen LogP contribution in [-0.2, 0) is 16.4 Å². The Morgan fingerprint density at radius 3 is 2.48 bits per heavy atom. The fourth-order valence-corrected chi connectivity index (χ4v) is 4.47. The lowest BCUT2D eigenvalue weighted by Gasteiger charge is -2.34. The van der Waals surface area contributed by atoms with Crippen LogP contribution in [0, 0.1) is 0 Å². The van der Waals surface area contributed by atoms with E-state index in [0.717, 1.165) is 0 Å². The van der Waals surface area contributed by atoms with E-state index in [-0.39, 0.29) is 29.9 Å². The van der Waals surface area contributed by atoms with Gasteiger partial charge in [0.1, 0.15) is 0 Å². The van der Waals surface area contributed by atoms with Gasteiger partial charge in [-0.05, 0) is 18.6 Å². The molecule has 1 aliphatic rings. The lowest BCUT2D eigenvalue weighted by Crippen LogP contribution is -2.53. The number of rotatable bonds is 7. The summed E-state index contributed by atoms with van der Waals surface area (Å²) in [4.78, 5) is 18.6. The van der Waals surface area contributed by atoms with E-state index in [0.29, 0.717) is 44.2 Å². The van der Waals surface area contributed by atoms with Crippen molar-refractivity contribution in [2.75, 3.05) is 32.7 Å². The first-order valence-corrected chi connectivity index (χ1v) is 11.2. The van der Waals surface area contributed by atoms with E-state index in [2.05, 4.69) is 15.5 Å². The van der Waals surface area contributed by atoms with Gasteiger partial charge in [-0.15, -0.1) is 0 Å². The van der Waals surface area contributed by atoms with Crippen LogP contribution in [0.4, 0.5) is 4.79 Å². The third kappa shape index (κ3) is 5.33. The fourth-order valence-electron chi connectivity index (χ4n) is 3.02. The Morgan fingerprint density at radius 2 is 1.86 bits per heavy atom. The third-order valence-electron chi connectivity index (χ3n) is 4.75. The van der Waals surface area contributed by atoms with Gasteiger partial charge in [-0.1, -0.05) is 37.2 Å². The van der Waals surface area contributed by atoms with Crippen LogP contribution in [0.25, 0.3) is 0 Å². The van der Waals surface area contributed by atoms with Gasteiger partial charge in [0.25, 0.3) is 0 Å². The number of sulfonamides is 1. The minimum absolute atomic E-state index is 0.185. The summed E-state index contributed by atoms with van der Waals surface area (Å²) in [6, 6.07) is 8.17. The molecule has 1 aromatic heterocycles. The zero-order valence-corrected chi connectivity index (χ0v) is 17.6. The number of nitrogens with one attached hydrogen (secondary N) is 1. The Hall–Kier alpha value is -2.46. The number of aromatic nitrogens is 2. The van der Waals surface area contributed by atoms with Crippen LogP contribution in [-0.4, -0.2) is 66.5 Å². The molecule has 0 atom stereocenters. The van der Waals surface area contributed by atoms with Crippen LogP contribution in [0.3, 0.4) is 0 Å². The molecule has 1 aliphatic heterocycles. The first-order chi connectivity index (χ1) is 13.9. The van der Waals surface area contributed by atoms with Gasteiger partial charge in [0.05, 0.1) is 4.90 Å². The number of aryl methyl sites for hydroxylation is 1. The third-order valence-corrected chi connectivity index (χ3v) is 6.66. The van der Waals surface area contributed by atoms with Crippen molar-refractivity contribution < 1.29 is 17.7 Å². The molecule has 10 heteroatoms. The Bertz CT molecular complexity index is 906. The smallest absolute Gasteiger partial charge is 0.317 e. The highest BCUT2D eigenvalue weighted by molar-refractivity contribution is 7.89. The second-order valence-corrected chi connectivity index (χ2v) is 9.18. The first-order valence-electron chi connectivity index (χ1n) is 9.78. The van der Waals surface area contributed by atoms with E-state index in [1.807, 2.05) is 13.8 Å². The fraction of sp³-hybridized carbons (Fsp3) is 0.526. The van der Waals surface area contributed by atoms with Crippen molar-refractivity contribution in [3.05, 3.63) is 42.0 Å². The first kappa shape index (κ1) is 21.3. The van der Waals surface area contributed by atoms with Gasteiger partial charge in [0.15, 0.2) is 5.82 Å². The molecule has 1 fully saturated rings. The van der Waals surface area contributed by atoms with Crippen LogP contribution >= 0.6 is 0 Å². The number of benzene rings is 1. The van der Waals surface area contributed by atoms with Gasteiger partial charge in [-0.3, -0.25) is 0 Å². The molecule has 2 amide bonds. The number of piperazine rings is 1. The number of carbonyl (C=O) groups excluding carboxylic acids is 1. The predicted octanol–water partition coefficient (Wildman–Crippen LogP) is 1.84. The Morgan fingerprint density at radius 1 is 1.17 bits per heavy atom. The zero-order chi connectivity index (χ0) is 20.9. The second-order valence-electron chi connectivity index (χ2n) is 7.24. The van der Waals surface area contributed by atoms with Crippen molar-refractivity contribution in [3.63, 3.8) is 0 Å². The van der Waals surface area contributed by atoms with Crippen LogP contribution in [0.15, 0.2) is 39.8 Å². The normalized spacial score (nSPS) is 15.6. The van der Waals surface area contributed by atoms with Crippen LogP contribution < -0.4 is 5.32 Å². The molecule has 1 N–H and O–H groups in total. The summed E-state index contributed by atoms with van der Waals surface area (Å²) in [7, 11) is -3.52. The van der Waals surface area contributed by atoms with Crippen LogP contribution in [0.5, 0.6) is 0 Å². The second kappa shape index (κ2) is 9.36. The summed E-state index contributed by atoms with van der Waals surface area (Å²) in [5.74, 6) is 1.48. The van der Waals surface area contributed by atoms with Crippen molar-refractivity contribution in [1.82, 2.24) is 24.7 Å². The van der Waals surface area contributed by atoms with E-state index in [1.54, 1.807) is 35.2 Å². The van der Waals surface area contributed by atoms with E-state index >= 15 is 0 Å². The molecule has 1 aromatic carbocycles. The molecule has 0 bridgehead atoms. The topological polar surface area (TPSA) is 109 Å². The SMILES string of the molecule is CC(C)c1noc(CCCNC(=O)N2CCN(S(=O)(=O)c3ccccc3)CC2)n1. The quantitative estimate of drug-likeness (QED) is 0.684. The van der Waals surface area contributed by atoms with Gasteiger partial charge in [0.2, 0.25) is 15.9 Å². The highest BCUT2D eigenvalue weighted by atomic mass is 32.2. The van der Waals surface area contributed by atoms with Crippen molar-refractivity contribution in [2.24, 2.45) is 0 Å². The number of carbonyl (C=O) groups is 1. The van der Waals surface area contributed by atoms with E-state index in [4.69, 9.17) is 4.52 Å². The van der Waals surface area contributed by atoms with Crippen LogP contribution in [0.2, 0.25) is 0 Å². The summed E-state index contributed by atoms with van der Waals surface area (Å²) < 4.78 is 31.9. The lowest BCUT2D eigenvalue weighted by atomic mass is 10.2.